The van der Waals surface area contributed by atoms with Gasteiger partial charge >= 0.3 is 0 Å². The summed E-state index contributed by atoms with van der Waals surface area (Å²) < 4.78 is 11.1. The summed E-state index contributed by atoms with van der Waals surface area (Å²) in [5, 5.41) is 3.49. The number of carbonyl (C=O) groups excluding carboxylic acids is 2. The van der Waals surface area contributed by atoms with Gasteiger partial charge in [0, 0.05) is 17.2 Å². The molecule has 0 unspecified atom stereocenters. The molecule has 3 rings (SSSR count). The fourth-order valence-corrected chi connectivity index (χ4v) is 4.28. The van der Waals surface area contributed by atoms with Crippen LogP contribution >= 0.6 is 23.1 Å². The number of nitrogens with two attached hydrogens (primary N) is 1. The number of ether oxygens (including phenoxy) is 2. The van der Waals surface area contributed by atoms with Gasteiger partial charge in [0.15, 0.2) is 4.34 Å². The second kappa shape index (κ2) is 9.44. The van der Waals surface area contributed by atoms with Crippen LogP contribution in [0.4, 0.5) is 5.00 Å². The van der Waals surface area contributed by atoms with Crippen molar-refractivity contribution in [3.05, 3.63) is 54.1 Å². The maximum absolute atomic E-state index is 12.9. The summed E-state index contributed by atoms with van der Waals surface area (Å²) in [4.78, 5) is 28.6. The Morgan fingerprint density at radius 1 is 1.10 bits per heavy atom. The van der Waals surface area contributed by atoms with E-state index in [-0.39, 0.29) is 11.7 Å². The molecule has 3 N–H and O–H groups in total. The molecule has 0 saturated heterocycles. The maximum atomic E-state index is 12.9. The van der Waals surface area contributed by atoms with Crippen molar-refractivity contribution in [2.45, 2.75) is 4.34 Å². The van der Waals surface area contributed by atoms with Gasteiger partial charge in [-0.2, -0.15) is 0 Å². The summed E-state index contributed by atoms with van der Waals surface area (Å²) >= 11 is 2.52. The molecule has 0 radical (unpaired) electrons. The average molecular weight is 430 g/mol. The van der Waals surface area contributed by atoms with Gasteiger partial charge in [-0.25, -0.2) is 4.98 Å². The van der Waals surface area contributed by atoms with Crippen LogP contribution in [0.25, 0.3) is 11.3 Å². The van der Waals surface area contributed by atoms with Gasteiger partial charge < -0.3 is 20.5 Å². The lowest BCUT2D eigenvalue weighted by molar-refractivity contribution is -0.115. The van der Waals surface area contributed by atoms with Crippen molar-refractivity contribution in [2.75, 3.05) is 25.3 Å². The molecule has 7 nitrogen and oxygen atoms in total. The Morgan fingerprint density at radius 3 is 2.34 bits per heavy atom. The zero-order valence-corrected chi connectivity index (χ0v) is 17.4. The molecule has 2 aromatic carbocycles. The molecule has 2 amide bonds. The third-order valence-electron chi connectivity index (χ3n) is 3.83. The summed E-state index contributed by atoms with van der Waals surface area (Å²) in [7, 11) is 3.05. The predicted octanol–water partition coefficient (Wildman–Crippen LogP) is 3.66. The SMILES string of the molecule is COc1cc(OC)cc(C(=O)Nc2sc(SCC(N)=O)nc2-c2ccccc2)c1. The summed E-state index contributed by atoms with van der Waals surface area (Å²) in [6, 6.07) is 14.4. The van der Waals surface area contributed by atoms with Gasteiger partial charge in [0.25, 0.3) is 5.91 Å². The van der Waals surface area contributed by atoms with E-state index in [0.717, 1.165) is 5.56 Å². The number of aromatic nitrogens is 1. The molecular formula is C20H19N3O4S2. The van der Waals surface area contributed by atoms with Gasteiger partial charge in [-0.15, -0.1) is 0 Å². The summed E-state index contributed by atoms with van der Waals surface area (Å²) in [5.74, 6) is 0.386. The van der Waals surface area contributed by atoms with Crippen LogP contribution in [0.3, 0.4) is 0 Å². The van der Waals surface area contributed by atoms with Gasteiger partial charge in [0.1, 0.15) is 22.2 Å². The highest BCUT2D eigenvalue weighted by Crippen LogP contribution is 2.38. The molecule has 150 valence electrons. The number of amides is 2. The number of benzene rings is 2. The van der Waals surface area contributed by atoms with Crippen LogP contribution in [-0.2, 0) is 4.79 Å². The van der Waals surface area contributed by atoms with Crippen molar-refractivity contribution in [2.24, 2.45) is 5.73 Å². The van der Waals surface area contributed by atoms with Gasteiger partial charge in [0.2, 0.25) is 5.91 Å². The average Bonchev–Trinajstić information content (AvgIpc) is 3.15. The standard InChI is InChI=1S/C20H19N3O4S2/c1-26-14-8-13(9-15(10-14)27-2)18(25)23-19-17(12-6-4-3-5-7-12)22-20(29-19)28-11-16(21)24/h3-10H,11H2,1-2H3,(H2,21,24)(H,23,25). The lowest BCUT2D eigenvalue weighted by Crippen LogP contribution is -2.12. The molecule has 0 aliphatic rings. The number of thiazole rings is 1. The lowest BCUT2D eigenvalue weighted by Gasteiger charge is -2.09. The number of nitrogens with one attached hydrogen (secondary N) is 1. The molecule has 0 saturated carbocycles. The Balaban J connectivity index is 1.93. The van der Waals surface area contributed by atoms with E-state index in [9.17, 15) is 9.59 Å². The number of hydrogen-bond acceptors (Lipinski definition) is 7. The van der Waals surface area contributed by atoms with Gasteiger partial charge in [-0.1, -0.05) is 53.4 Å². The maximum Gasteiger partial charge on any atom is 0.256 e. The Kier molecular flexibility index (Phi) is 6.73. The highest BCUT2D eigenvalue weighted by atomic mass is 32.2. The lowest BCUT2D eigenvalue weighted by atomic mass is 10.1. The first-order valence-electron chi connectivity index (χ1n) is 8.52. The Hall–Kier alpha value is -3.04. The van der Waals surface area contributed by atoms with E-state index in [4.69, 9.17) is 15.2 Å². The minimum Gasteiger partial charge on any atom is -0.497 e. The van der Waals surface area contributed by atoms with E-state index in [1.807, 2.05) is 30.3 Å². The largest absolute Gasteiger partial charge is 0.497 e. The predicted molar refractivity (Wildman–Crippen MR) is 115 cm³/mol. The molecule has 0 aliphatic heterocycles. The number of nitrogens with zero attached hydrogens (tertiary/aromatic N) is 1. The van der Waals surface area contributed by atoms with Crippen LogP contribution in [0.1, 0.15) is 10.4 Å². The van der Waals surface area contributed by atoms with Gasteiger partial charge in [0.05, 0.1) is 20.0 Å². The minimum absolute atomic E-state index is 0.113. The quantitative estimate of drug-likeness (QED) is 0.530. The Labute approximate surface area is 176 Å². The van der Waals surface area contributed by atoms with Crippen LogP contribution in [0.5, 0.6) is 11.5 Å². The molecule has 0 fully saturated rings. The smallest absolute Gasteiger partial charge is 0.256 e. The van der Waals surface area contributed by atoms with E-state index in [1.54, 1.807) is 18.2 Å². The number of carbonyl (C=O) groups is 2. The fourth-order valence-electron chi connectivity index (χ4n) is 2.49. The molecule has 1 heterocycles. The van der Waals surface area contributed by atoms with Crippen molar-refractivity contribution >= 4 is 39.9 Å². The summed E-state index contributed by atoms with van der Waals surface area (Å²) in [5.41, 5.74) is 7.11. The molecule has 9 heteroatoms. The molecule has 0 aliphatic carbocycles. The fraction of sp³-hybridized carbons (Fsp3) is 0.150. The molecule has 3 aromatic rings. The van der Waals surface area contributed by atoms with Crippen molar-refractivity contribution in [1.82, 2.24) is 4.98 Å². The Bertz CT molecular complexity index is 1000. The summed E-state index contributed by atoms with van der Waals surface area (Å²) in [6.07, 6.45) is 0. The molecule has 0 atom stereocenters. The van der Waals surface area contributed by atoms with Crippen LogP contribution in [-0.4, -0.2) is 36.8 Å². The topological polar surface area (TPSA) is 104 Å². The number of primary amides is 1. The van der Waals surface area contributed by atoms with Crippen LogP contribution < -0.4 is 20.5 Å². The zero-order valence-electron chi connectivity index (χ0n) is 15.8. The number of methoxy groups -OCH3 is 2. The highest BCUT2D eigenvalue weighted by molar-refractivity contribution is 8.01. The van der Waals surface area contributed by atoms with E-state index < -0.39 is 5.91 Å². The molecule has 29 heavy (non-hydrogen) atoms. The Morgan fingerprint density at radius 2 is 1.76 bits per heavy atom. The van der Waals surface area contributed by atoms with Gasteiger partial charge in [-0.05, 0) is 12.1 Å². The number of thioether (sulfide) groups is 1. The third kappa shape index (κ3) is 5.27. The van der Waals surface area contributed by atoms with Crippen molar-refractivity contribution in [3.8, 4) is 22.8 Å². The minimum atomic E-state index is -0.430. The number of rotatable bonds is 8. The zero-order chi connectivity index (χ0) is 20.8. The van der Waals surface area contributed by atoms with Crippen molar-refractivity contribution in [3.63, 3.8) is 0 Å². The molecule has 1 aromatic heterocycles. The molecular weight excluding hydrogens is 410 g/mol. The number of anilines is 1. The molecule has 0 spiro atoms. The first-order chi connectivity index (χ1) is 14.0. The van der Waals surface area contributed by atoms with Crippen LogP contribution in [0.15, 0.2) is 52.9 Å². The monoisotopic (exact) mass is 429 g/mol. The van der Waals surface area contributed by atoms with E-state index >= 15 is 0 Å². The van der Waals surface area contributed by atoms with E-state index in [1.165, 1.54) is 37.3 Å². The van der Waals surface area contributed by atoms with Gasteiger partial charge in [-0.3, -0.25) is 9.59 Å². The number of hydrogen-bond donors (Lipinski definition) is 2. The van der Waals surface area contributed by atoms with Crippen LogP contribution in [0, 0.1) is 0 Å². The second-order valence-electron chi connectivity index (χ2n) is 5.83. The summed E-state index contributed by atoms with van der Waals surface area (Å²) in [6.45, 7) is 0. The van der Waals surface area contributed by atoms with Crippen LogP contribution in [0.2, 0.25) is 0 Å². The van der Waals surface area contributed by atoms with Crippen molar-refractivity contribution in [1.29, 1.82) is 0 Å². The highest BCUT2D eigenvalue weighted by Gasteiger charge is 2.18. The molecule has 0 bridgehead atoms. The first-order valence-corrected chi connectivity index (χ1v) is 10.3. The third-order valence-corrected chi connectivity index (χ3v) is 5.97. The second-order valence-corrected chi connectivity index (χ2v) is 8.06. The van der Waals surface area contributed by atoms with E-state index in [0.29, 0.717) is 32.1 Å². The van der Waals surface area contributed by atoms with E-state index in [2.05, 4.69) is 10.3 Å². The normalized spacial score (nSPS) is 10.4. The van der Waals surface area contributed by atoms with Crippen molar-refractivity contribution < 1.29 is 19.1 Å². The first kappa shape index (κ1) is 20.7.